The van der Waals surface area contributed by atoms with Gasteiger partial charge in [0.1, 0.15) is 5.82 Å². The highest BCUT2D eigenvalue weighted by molar-refractivity contribution is 5.30. The second-order valence-corrected chi connectivity index (χ2v) is 4.89. The number of nitrogens with zero attached hydrogens (tertiary/aromatic N) is 1. The van der Waals surface area contributed by atoms with Crippen LogP contribution in [-0.2, 0) is 4.74 Å². The van der Waals surface area contributed by atoms with Crippen molar-refractivity contribution in [1.29, 1.82) is 0 Å². The SMILES string of the molecule is CCN(C(C)COC)C(CN)c1ccc(F)cc1C. The van der Waals surface area contributed by atoms with Crippen LogP contribution in [0.5, 0.6) is 0 Å². The Balaban J connectivity index is 3.02. The molecule has 0 heterocycles. The monoisotopic (exact) mass is 268 g/mol. The Morgan fingerprint density at radius 2 is 2.11 bits per heavy atom. The topological polar surface area (TPSA) is 38.5 Å². The summed E-state index contributed by atoms with van der Waals surface area (Å²) in [5.74, 6) is -0.204. The summed E-state index contributed by atoms with van der Waals surface area (Å²) in [6.07, 6.45) is 0. The van der Waals surface area contributed by atoms with Crippen LogP contribution in [0.3, 0.4) is 0 Å². The molecule has 4 heteroatoms. The summed E-state index contributed by atoms with van der Waals surface area (Å²) in [6.45, 7) is 8.19. The van der Waals surface area contributed by atoms with Gasteiger partial charge >= 0.3 is 0 Å². The smallest absolute Gasteiger partial charge is 0.123 e. The van der Waals surface area contributed by atoms with Crippen LogP contribution in [0.2, 0.25) is 0 Å². The lowest BCUT2D eigenvalue weighted by Crippen LogP contribution is -2.42. The van der Waals surface area contributed by atoms with Gasteiger partial charge in [0, 0.05) is 25.7 Å². The summed E-state index contributed by atoms with van der Waals surface area (Å²) >= 11 is 0. The minimum absolute atomic E-state index is 0.0933. The lowest BCUT2D eigenvalue weighted by molar-refractivity contribution is 0.0749. The molecule has 2 unspecified atom stereocenters. The molecule has 0 aliphatic carbocycles. The van der Waals surface area contributed by atoms with E-state index in [9.17, 15) is 4.39 Å². The predicted molar refractivity (Wildman–Crippen MR) is 76.7 cm³/mol. The molecule has 0 radical (unpaired) electrons. The number of methoxy groups -OCH3 is 1. The zero-order valence-electron chi connectivity index (χ0n) is 12.3. The van der Waals surface area contributed by atoms with E-state index in [-0.39, 0.29) is 17.9 Å². The van der Waals surface area contributed by atoms with E-state index in [4.69, 9.17) is 10.5 Å². The van der Waals surface area contributed by atoms with Crippen molar-refractivity contribution in [2.75, 3.05) is 26.8 Å². The largest absolute Gasteiger partial charge is 0.383 e. The molecule has 0 saturated heterocycles. The van der Waals surface area contributed by atoms with E-state index in [2.05, 4.69) is 18.7 Å². The molecule has 1 aromatic carbocycles. The minimum atomic E-state index is -0.204. The number of hydrogen-bond acceptors (Lipinski definition) is 3. The van der Waals surface area contributed by atoms with Gasteiger partial charge in [0.25, 0.3) is 0 Å². The van der Waals surface area contributed by atoms with E-state index in [1.54, 1.807) is 13.2 Å². The molecular formula is C15H25FN2O. The summed E-state index contributed by atoms with van der Waals surface area (Å²) in [4.78, 5) is 2.30. The fourth-order valence-corrected chi connectivity index (χ4v) is 2.63. The normalized spacial score (nSPS) is 14.7. The lowest BCUT2D eigenvalue weighted by Gasteiger charge is -2.35. The number of nitrogens with two attached hydrogens (primary N) is 1. The molecule has 1 aromatic rings. The summed E-state index contributed by atoms with van der Waals surface area (Å²) in [6, 6.07) is 5.26. The summed E-state index contributed by atoms with van der Waals surface area (Å²) in [5.41, 5.74) is 7.98. The molecule has 0 aliphatic rings. The summed E-state index contributed by atoms with van der Waals surface area (Å²) in [5, 5.41) is 0. The first kappa shape index (κ1) is 16.1. The van der Waals surface area contributed by atoms with Crippen molar-refractivity contribution in [1.82, 2.24) is 4.90 Å². The molecule has 19 heavy (non-hydrogen) atoms. The number of ether oxygens (including phenoxy) is 1. The number of hydrogen-bond donors (Lipinski definition) is 1. The Kier molecular flexibility index (Phi) is 6.42. The van der Waals surface area contributed by atoms with Crippen LogP contribution in [0.1, 0.15) is 31.0 Å². The Hall–Kier alpha value is -0.970. The van der Waals surface area contributed by atoms with Crippen molar-refractivity contribution >= 4 is 0 Å². The van der Waals surface area contributed by atoms with Gasteiger partial charge in [-0.2, -0.15) is 0 Å². The Morgan fingerprint density at radius 3 is 2.58 bits per heavy atom. The first-order valence-corrected chi connectivity index (χ1v) is 6.75. The van der Waals surface area contributed by atoms with E-state index in [0.29, 0.717) is 13.2 Å². The molecule has 0 amide bonds. The van der Waals surface area contributed by atoms with E-state index in [0.717, 1.165) is 17.7 Å². The standard InChI is InChI=1S/C15H25FN2O/c1-5-18(12(3)10-19-4)15(9-17)14-7-6-13(16)8-11(14)2/h6-8,12,15H,5,9-10,17H2,1-4H3. The van der Waals surface area contributed by atoms with Crippen molar-refractivity contribution in [2.24, 2.45) is 5.73 Å². The average molecular weight is 268 g/mol. The molecule has 3 nitrogen and oxygen atoms in total. The number of rotatable bonds is 7. The number of likely N-dealkylation sites (N-methyl/N-ethyl adjacent to an activating group) is 1. The number of halogens is 1. The predicted octanol–water partition coefficient (Wildman–Crippen LogP) is 2.49. The molecule has 0 spiro atoms. The molecule has 0 aromatic heterocycles. The van der Waals surface area contributed by atoms with Crippen LogP contribution in [0.25, 0.3) is 0 Å². The summed E-state index contributed by atoms with van der Waals surface area (Å²) in [7, 11) is 1.70. The van der Waals surface area contributed by atoms with Gasteiger partial charge in [0.15, 0.2) is 0 Å². The third kappa shape index (κ3) is 4.00. The Bertz CT molecular complexity index is 398. The average Bonchev–Trinajstić information content (AvgIpc) is 2.37. The zero-order chi connectivity index (χ0) is 14.4. The number of benzene rings is 1. The second-order valence-electron chi connectivity index (χ2n) is 4.89. The van der Waals surface area contributed by atoms with Crippen molar-refractivity contribution < 1.29 is 9.13 Å². The third-order valence-corrected chi connectivity index (χ3v) is 3.55. The maximum absolute atomic E-state index is 13.2. The van der Waals surface area contributed by atoms with Gasteiger partial charge < -0.3 is 10.5 Å². The quantitative estimate of drug-likeness (QED) is 0.825. The maximum atomic E-state index is 13.2. The van der Waals surface area contributed by atoms with Gasteiger partial charge in [-0.25, -0.2) is 4.39 Å². The summed E-state index contributed by atoms with van der Waals surface area (Å²) < 4.78 is 18.4. The first-order chi connectivity index (χ1) is 9.04. The minimum Gasteiger partial charge on any atom is -0.383 e. The van der Waals surface area contributed by atoms with Gasteiger partial charge in [-0.15, -0.1) is 0 Å². The van der Waals surface area contributed by atoms with Gasteiger partial charge in [-0.3, -0.25) is 4.90 Å². The Morgan fingerprint density at radius 1 is 1.42 bits per heavy atom. The van der Waals surface area contributed by atoms with Gasteiger partial charge in [0.05, 0.1) is 6.61 Å². The van der Waals surface area contributed by atoms with E-state index >= 15 is 0 Å². The van der Waals surface area contributed by atoms with Gasteiger partial charge in [-0.05, 0) is 43.7 Å². The Labute approximate surface area is 115 Å². The number of aryl methyl sites for hydroxylation is 1. The van der Waals surface area contributed by atoms with Crippen molar-refractivity contribution in [2.45, 2.75) is 32.9 Å². The second kappa shape index (κ2) is 7.58. The van der Waals surface area contributed by atoms with Crippen molar-refractivity contribution in [3.63, 3.8) is 0 Å². The van der Waals surface area contributed by atoms with Crippen LogP contribution in [-0.4, -0.2) is 37.7 Å². The van der Waals surface area contributed by atoms with Crippen LogP contribution in [0.4, 0.5) is 4.39 Å². The highest BCUT2D eigenvalue weighted by Crippen LogP contribution is 2.25. The molecule has 2 N–H and O–H groups in total. The molecule has 0 fully saturated rings. The van der Waals surface area contributed by atoms with E-state index < -0.39 is 0 Å². The molecule has 2 atom stereocenters. The molecular weight excluding hydrogens is 243 g/mol. The van der Waals surface area contributed by atoms with Crippen LogP contribution >= 0.6 is 0 Å². The lowest BCUT2D eigenvalue weighted by atomic mass is 9.98. The molecule has 108 valence electrons. The molecule has 0 aliphatic heterocycles. The van der Waals surface area contributed by atoms with Gasteiger partial charge in [-0.1, -0.05) is 13.0 Å². The third-order valence-electron chi connectivity index (χ3n) is 3.55. The fourth-order valence-electron chi connectivity index (χ4n) is 2.63. The van der Waals surface area contributed by atoms with Crippen LogP contribution in [0.15, 0.2) is 18.2 Å². The van der Waals surface area contributed by atoms with E-state index in [1.807, 2.05) is 13.0 Å². The zero-order valence-corrected chi connectivity index (χ0v) is 12.3. The van der Waals surface area contributed by atoms with E-state index in [1.165, 1.54) is 6.07 Å². The highest BCUT2D eigenvalue weighted by atomic mass is 19.1. The first-order valence-electron chi connectivity index (χ1n) is 6.75. The molecule has 1 rings (SSSR count). The van der Waals surface area contributed by atoms with Gasteiger partial charge in [0.2, 0.25) is 0 Å². The highest BCUT2D eigenvalue weighted by Gasteiger charge is 2.23. The van der Waals surface area contributed by atoms with Crippen LogP contribution < -0.4 is 5.73 Å². The van der Waals surface area contributed by atoms with Crippen molar-refractivity contribution in [3.05, 3.63) is 35.1 Å². The molecule has 0 saturated carbocycles. The fraction of sp³-hybridized carbons (Fsp3) is 0.600. The molecule has 0 bridgehead atoms. The maximum Gasteiger partial charge on any atom is 0.123 e. The van der Waals surface area contributed by atoms with Crippen molar-refractivity contribution in [3.8, 4) is 0 Å². The van der Waals surface area contributed by atoms with Crippen LogP contribution in [0, 0.1) is 12.7 Å².